The molecule has 0 saturated carbocycles. The van der Waals surface area contributed by atoms with Crippen LogP contribution >= 0.6 is 0 Å². The van der Waals surface area contributed by atoms with Crippen LogP contribution in [-0.4, -0.2) is 111 Å². The lowest BCUT2D eigenvalue weighted by molar-refractivity contribution is -0.184. The number of alkyl halides is 6. The molecular weight excluding hydrogens is 370 g/mol. The molecule has 0 saturated heterocycles. The van der Waals surface area contributed by atoms with Gasteiger partial charge in [-0.3, -0.25) is 9.59 Å². The van der Waals surface area contributed by atoms with E-state index in [1.807, 2.05) is 0 Å². The third-order valence-electron chi connectivity index (χ3n) is 3.68. The molecule has 0 aliphatic heterocycles. The maximum absolute atomic E-state index is 12.2. The van der Waals surface area contributed by atoms with Crippen molar-refractivity contribution < 1.29 is 35.9 Å². The van der Waals surface area contributed by atoms with Crippen LogP contribution in [0, 0.1) is 0 Å². The van der Waals surface area contributed by atoms with Crippen LogP contribution in [0.1, 0.15) is 0 Å². The number of carbonyl (C=O) groups excluding carboxylic acids is 2. The molecule has 12 heteroatoms. The predicted octanol–water partition coefficient (Wildman–Crippen LogP) is 0.891. The third kappa shape index (κ3) is 9.22. The van der Waals surface area contributed by atoms with E-state index in [0.29, 0.717) is 22.9 Å². The predicted molar refractivity (Wildman–Crippen MR) is 82.4 cm³/mol. The van der Waals surface area contributed by atoms with Gasteiger partial charge in [0.2, 0.25) is 0 Å². The largest absolute Gasteiger partial charge is 0.471 e. The zero-order chi connectivity index (χ0) is 20.7. The first-order valence-corrected chi connectivity index (χ1v) is 7.68. The van der Waals surface area contributed by atoms with Gasteiger partial charge in [-0.2, -0.15) is 26.3 Å². The Labute approximate surface area is 148 Å². The van der Waals surface area contributed by atoms with Crippen molar-refractivity contribution in [2.75, 3.05) is 67.5 Å². The van der Waals surface area contributed by atoms with E-state index in [1.165, 1.54) is 0 Å². The van der Waals surface area contributed by atoms with Crippen molar-refractivity contribution in [2.24, 2.45) is 0 Å². The molecule has 0 N–H and O–H groups in total. The fraction of sp³-hybridized carbons (Fsp3) is 0.857. The summed E-state index contributed by atoms with van der Waals surface area (Å²) in [6.07, 6.45) is -9.82. The molecule has 0 aliphatic rings. The van der Waals surface area contributed by atoms with E-state index in [1.54, 1.807) is 23.9 Å². The monoisotopic (exact) mass is 394 g/mol. The van der Waals surface area contributed by atoms with Gasteiger partial charge in [0.05, 0.1) is 0 Å². The van der Waals surface area contributed by atoms with Crippen LogP contribution in [0.2, 0.25) is 0 Å². The van der Waals surface area contributed by atoms with Crippen molar-refractivity contribution in [3.63, 3.8) is 0 Å². The highest BCUT2D eigenvalue weighted by Gasteiger charge is 2.41. The van der Waals surface area contributed by atoms with Crippen LogP contribution in [0.4, 0.5) is 26.3 Å². The highest BCUT2D eigenvalue weighted by Crippen LogP contribution is 2.18. The summed E-state index contributed by atoms with van der Waals surface area (Å²) in [5, 5.41) is 0. The van der Waals surface area contributed by atoms with Crippen molar-refractivity contribution in [1.82, 2.24) is 19.6 Å². The Morgan fingerprint density at radius 3 is 1.04 bits per heavy atom. The summed E-state index contributed by atoms with van der Waals surface area (Å²) in [6, 6.07) is 0. The molecule has 0 fully saturated rings. The average Bonchev–Trinajstić information content (AvgIpc) is 2.52. The van der Waals surface area contributed by atoms with E-state index < -0.39 is 24.2 Å². The van der Waals surface area contributed by atoms with Gasteiger partial charge in [-0.1, -0.05) is 0 Å². The lowest BCUT2D eigenvalue weighted by Gasteiger charge is -2.26. The number of halogens is 6. The zero-order valence-corrected chi connectivity index (χ0v) is 15.1. The van der Waals surface area contributed by atoms with Gasteiger partial charge in [0.25, 0.3) is 0 Å². The van der Waals surface area contributed by atoms with Gasteiger partial charge in [-0.25, -0.2) is 0 Å². The molecule has 0 atom stereocenters. The van der Waals surface area contributed by atoms with E-state index in [2.05, 4.69) is 0 Å². The van der Waals surface area contributed by atoms with Crippen LogP contribution in [0.25, 0.3) is 0 Å². The molecule has 0 aromatic rings. The molecular formula is C14H24F6N4O2. The lowest BCUT2D eigenvalue weighted by atomic mass is 10.4. The van der Waals surface area contributed by atoms with Crippen LogP contribution in [0.3, 0.4) is 0 Å². The minimum atomic E-state index is -4.91. The zero-order valence-electron chi connectivity index (χ0n) is 15.1. The maximum Gasteiger partial charge on any atom is 0.471 e. The second-order valence-corrected chi connectivity index (χ2v) is 6.06. The fourth-order valence-electron chi connectivity index (χ4n) is 1.84. The van der Waals surface area contributed by atoms with Gasteiger partial charge < -0.3 is 19.6 Å². The Hall–Kier alpha value is -1.56. The third-order valence-corrected chi connectivity index (χ3v) is 3.68. The summed E-state index contributed by atoms with van der Waals surface area (Å²) in [5.41, 5.74) is 0. The van der Waals surface area contributed by atoms with E-state index >= 15 is 0 Å². The number of rotatable bonds is 9. The molecule has 0 radical (unpaired) electrons. The first kappa shape index (κ1) is 24.4. The maximum atomic E-state index is 12.2. The Morgan fingerprint density at radius 2 is 0.808 bits per heavy atom. The van der Waals surface area contributed by atoms with Gasteiger partial charge in [0.1, 0.15) is 0 Å². The molecule has 0 rings (SSSR count). The summed E-state index contributed by atoms with van der Waals surface area (Å²) >= 11 is 0. The highest BCUT2D eigenvalue weighted by atomic mass is 19.4. The second-order valence-electron chi connectivity index (χ2n) is 6.06. The molecule has 0 aromatic heterocycles. The Morgan fingerprint density at radius 1 is 0.577 bits per heavy atom. The summed E-state index contributed by atoms with van der Waals surface area (Å²) in [4.78, 5) is 26.5. The quantitative estimate of drug-likeness (QED) is 0.545. The van der Waals surface area contributed by atoms with E-state index in [4.69, 9.17) is 0 Å². The Bertz CT molecular complexity index is 427. The van der Waals surface area contributed by atoms with Crippen molar-refractivity contribution in [3.05, 3.63) is 0 Å². The summed E-state index contributed by atoms with van der Waals surface area (Å²) < 4.78 is 73.5. The fourth-order valence-corrected chi connectivity index (χ4v) is 1.84. The number of likely N-dealkylation sites (N-methyl/N-ethyl adjacent to an activating group) is 4. The lowest BCUT2D eigenvalue weighted by Crippen LogP contribution is -2.44. The van der Waals surface area contributed by atoms with Crippen molar-refractivity contribution in [3.8, 4) is 0 Å². The molecule has 0 bridgehead atoms. The summed E-state index contributed by atoms with van der Waals surface area (Å²) in [7, 11) is 5.42. The van der Waals surface area contributed by atoms with Gasteiger partial charge in [-0.15, -0.1) is 0 Å². The topological polar surface area (TPSA) is 47.1 Å². The number of amides is 2. The van der Waals surface area contributed by atoms with Crippen molar-refractivity contribution in [1.29, 1.82) is 0 Å². The van der Waals surface area contributed by atoms with Gasteiger partial charge in [0.15, 0.2) is 0 Å². The summed E-state index contributed by atoms with van der Waals surface area (Å²) in [6.45, 7) is 1.06. The van der Waals surface area contributed by atoms with Crippen LogP contribution in [0.5, 0.6) is 0 Å². The van der Waals surface area contributed by atoms with Crippen molar-refractivity contribution in [2.45, 2.75) is 12.4 Å². The number of nitrogens with zero attached hydrogens (tertiary/aromatic N) is 4. The molecule has 0 unspecified atom stereocenters. The van der Waals surface area contributed by atoms with Crippen LogP contribution in [-0.2, 0) is 9.59 Å². The smallest absolute Gasteiger partial charge is 0.337 e. The Balaban J connectivity index is 4.11. The van der Waals surface area contributed by atoms with Crippen LogP contribution < -0.4 is 0 Å². The van der Waals surface area contributed by atoms with Crippen molar-refractivity contribution >= 4 is 11.8 Å². The molecule has 154 valence electrons. The van der Waals surface area contributed by atoms with Gasteiger partial charge >= 0.3 is 24.2 Å². The van der Waals surface area contributed by atoms with E-state index in [-0.39, 0.29) is 26.2 Å². The Kier molecular flexibility index (Phi) is 9.35. The first-order valence-electron chi connectivity index (χ1n) is 7.68. The van der Waals surface area contributed by atoms with E-state index in [0.717, 1.165) is 14.1 Å². The minimum Gasteiger partial charge on any atom is -0.337 e. The molecule has 2 amide bonds. The SMILES string of the molecule is CN(CCN(C)CCN(C)C(=O)C(F)(F)F)CCN(C)C(=O)C(F)(F)F. The average molecular weight is 394 g/mol. The molecule has 0 aliphatic carbocycles. The van der Waals surface area contributed by atoms with E-state index in [9.17, 15) is 35.9 Å². The number of hydrogen-bond donors (Lipinski definition) is 0. The second kappa shape index (κ2) is 9.95. The standard InChI is InChI=1S/C14H24F6N4O2/c1-21(7-9-23(3)11(25)13(15,16)17)5-6-22(2)8-10-24(4)12(26)14(18,19)20/h5-10H2,1-4H3. The normalized spacial score (nSPS) is 12.6. The van der Waals surface area contributed by atoms with Gasteiger partial charge in [-0.05, 0) is 14.1 Å². The molecule has 6 nitrogen and oxygen atoms in total. The minimum absolute atomic E-state index is 0.110. The number of hydrogen-bond acceptors (Lipinski definition) is 4. The summed E-state index contributed by atoms with van der Waals surface area (Å²) in [5.74, 6) is -3.83. The molecule has 0 spiro atoms. The van der Waals surface area contributed by atoms with Crippen LogP contribution in [0.15, 0.2) is 0 Å². The molecule has 26 heavy (non-hydrogen) atoms. The molecule has 0 heterocycles. The first-order chi connectivity index (χ1) is 11.7. The highest BCUT2D eigenvalue weighted by molar-refractivity contribution is 5.81. The number of carbonyl (C=O) groups is 2. The molecule has 0 aromatic carbocycles. The van der Waals surface area contributed by atoms with Gasteiger partial charge in [0, 0.05) is 53.4 Å².